The first-order valence-electron chi connectivity index (χ1n) is 13.9. The molecule has 226 valence electrons. The van der Waals surface area contributed by atoms with Crippen LogP contribution in [0, 0.1) is 5.92 Å². The summed E-state index contributed by atoms with van der Waals surface area (Å²) in [7, 11) is 1.58. The zero-order valence-electron chi connectivity index (χ0n) is 25.6. The van der Waals surface area contributed by atoms with Crippen LogP contribution in [-0.2, 0) is 23.7 Å². The monoisotopic (exact) mass is 565 g/mol. The van der Waals surface area contributed by atoms with Crippen molar-refractivity contribution in [3.05, 3.63) is 24.3 Å². The second-order valence-corrected chi connectivity index (χ2v) is 12.4. The van der Waals surface area contributed by atoms with E-state index in [0.717, 1.165) is 4.90 Å². The van der Waals surface area contributed by atoms with E-state index in [1.165, 1.54) is 0 Å². The van der Waals surface area contributed by atoms with Crippen molar-refractivity contribution in [1.82, 2.24) is 4.90 Å². The summed E-state index contributed by atoms with van der Waals surface area (Å²) in [5.74, 6) is 0.764. The van der Waals surface area contributed by atoms with Gasteiger partial charge in [-0.15, -0.1) is 0 Å². The van der Waals surface area contributed by atoms with E-state index in [9.17, 15) is 14.4 Å². The Bertz CT molecular complexity index is 950. The van der Waals surface area contributed by atoms with Crippen molar-refractivity contribution in [3.8, 4) is 11.5 Å². The van der Waals surface area contributed by atoms with Gasteiger partial charge >= 0.3 is 18.2 Å². The van der Waals surface area contributed by atoms with Crippen LogP contribution in [0.1, 0.15) is 81.6 Å². The molecule has 0 saturated carbocycles. The lowest BCUT2D eigenvalue weighted by molar-refractivity contribution is -0.163. The van der Waals surface area contributed by atoms with Gasteiger partial charge in [-0.1, -0.05) is 13.8 Å². The number of rotatable bonds is 7. The fraction of sp³-hybridized carbons (Fsp3) is 0.700. The molecule has 0 radical (unpaired) electrons. The minimum Gasteiger partial charge on any atom is -0.497 e. The molecule has 10 nitrogen and oxygen atoms in total. The second kappa shape index (κ2) is 14.1. The molecule has 0 aliphatic carbocycles. The summed E-state index contributed by atoms with van der Waals surface area (Å²) < 4.78 is 34.7. The summed E-state index contributed by atoms with van der Waals surface area (Å²) in [6.45, 7) is 16.4. The number of hydrogen-bond donors (Lipinski definition) is 0. The standard InChI is InChI=1S/C30H47NO9/c1-19(2)18-36-24-13-11-12-23(31(27(33)39-29(4,5)6)28(34)40-30(7,8)9)26(32)37-20(3)25(24)38-22-16-14-21(35-10)15-17-22/h14-17,19-20,23-25H,11-13,18H2,1-10H3/t20-,23-,24-,25-/m0/s1. The van der Waals surface area contributed by atoms with Crippen LogP contribution in [0.25, 0.3) is 0 Å². The lowest BCUT2D eigenvalue weighted by atomic mass is 10.0. The van der Waals surface area contributed by atoms with Crippen molar-refractivity contribution in [2.75, 3.05) is 13.7 Å². The predicted octanol–water partition coefficient (Wildman–Crippen LogP) is 6.14. The average molecular weight is 566 g/mol. The minimum atomic E-state index is -1.25. The Morgan fingerprint density at radius 3 is 1.95 bits per heavy atom. The summed E-state index contributed by atoms with van der Waals surface area (Å²) in [5.41, 5.74) is -1.81. The maximum absolute atomic E-state index is 13.6. The van der Waals surface area contributed by atoms with E-state index in [1.807, 2.05) is 13.8 Å². The molecule has 0 spiro atoms. The number of esters is 1. The van der Waals surface area contributed by atoms with Crippen LogP contribution in [-0.4, -0.2) is 72.3 Å². The molecular formula is C30H47NO9. The van der Waals surface area contributed by atoms with Crippen molar-refractivity contribution in [3.63, 3.8) is 0 Å². The second-order valence-electron chi connectivity index (χ2n) is 12.4. The average Bonchev–Trinajstić information content (AvgIpc) is 2.86. The molecule has 2 rings (SSSR count). The molecule has 1 aliphatic rings. The quantitative estimate of drug-likeness (QED) is 0.284. The number of hydrogen-bond acceptors (Lipinski definition) is 9. The summed E-state index contributed by atoms with van der Waals surface area (Å²) in [5, 5.41) is 0. The highest BCUT2D eigenvalue weighted by atomic mass is 16.6. The first-order valence-corrected chi connectivity index (χ1v) is 13.9. The van der Waals surface area contributed by atoms with Crippen molar-refractivity contribution < 1.29 is 42.8 Å². The molecule has 10 heteroatoms. The van der Waals surface area contributed by atoms with Gasteiger partial charge in [0, 0.05) is 6.61 Å². The third-order valence-corrected chi connectivity index (χ3v) is 5.84. The van der Waals surface area contributed by atoms with Gasteiger partial charge in [0.1, 0.15) is 34.8 Å². The van der Waals surface area contributed by atoms with Crippen molar-refractivity contribution in [2.24, 2.45) is 5.92 Å². The largest absolute Gasteiger partial charge is 0.497 e. The van der Waals surface area contributed by atoms with Crippen LogP contribution in [0.4, 0.5) is 9.59 Å². The van der Waals surface area contributed by atoms with Crippen molar-refractivity contribution >= 4 is 18.2 Å². The van der Waals surface area contributed by atoms with Crippen LogP contribution < -0.4 is 9.47 Å². The van der Waals surface area contributed by atoms with E-state index in [-0.39, 0.29) is 12.3 Å². The lowest BCUT2D eigenvalue weighted by Crippen LogP contribution is -2.53. The first-order chi connectivity index (χ1) is 18.5. The molecule has 0 bridgehead atoms. The van der Waals surface area contributed by atoms with Gasteiger partial charge in [0.25, 0.3) is 0 Å². The fourth-order valence-corrected chi connectivity index (χ4v) is 4.09. The SMILES string of the molecule is COc1ccc(O[C@H]2[C@H](C)OC(=O)[C@@H](N(C(=O)OC(C)(C)C)C(=O)OC(C)(C)C)CCC[C@@H]2OCC(C)C)cc1. The Kier molecular flexibility index (Phi) is 11.7. The maximum atomic E-state index is 13.6. The van der Waals surface area contributed by atoms with E-state index >= 15 is 0 Å². The smallest absolute Gasteiger partial charge is 0.420 e. The zero-order chi connectivity index (χ0) is 30.3. The highest BCUT2D eigenvalue weighted by molar-refractivity contribution is 5.94. The van der Waals surface area contributed by atoms with E-state index in [2.05, 4.69) is 0 Å². The molecule has 1 aliphatic heterocycles. The number of imide groups is 1. The first kappa shape index (κ1) is 33.2. The summed E-state index contributed by atoms with van der Waals surface area (Å²) >= 11 is 0. The minimum absolute atomic E-state index is 0.140. The van der Waals surface area contributed by atoms with Gasteiger partial charge in [0.15, 0.2) is 6.10 Å². The molecule has 1 saturated heterocycles. The number of cyclic esters (lactones) is 1. The van der Waals surface area contributed by atoms with Gasteiger partial charge < -0.3 is 28.4 Å². The third kappa shape index (κ3) is 10.5. The molecule has 1 aromatic carbocycles. The van der Waals surface area contributed by atoms with Gasteiger partial charge in [-0.05, 0) is 97.9 Å². The molecule has 0 N–H and O–H groups in total. The molecule has 4 atom stereocenters. The van der Waals surface area contributed by atoms with E-state index in [0.29, 0.717) is 30.9 Å². The Morgan fingerprint density at radius 1 is 0.950 bits per heavy atom. The Labute approximate surface area is 238 Å². The summed E-state index contributed by atoms with van der Waals surface area (Å²) in [4.78, 5) is 40.8. The highest BCUT2D eigenvalue weighted by Gasteiger charge is 2.44. The number of ether oxygens (including phenoxy) is 6. The third-order valence-electron chi connectivity index (χ3n) is 5.84. The number of carbonyl (C=O) groups is 3. The van der Waals surface area contributed by atoms with Crippen LogP contribution in [0.2, 0.25) is 0 Å². The van der Waals surface area contributed by atoms with Crippen LogP contribution >= 0.6 is 0 Å². The van der Waals surface area contributed by atoms with Gasteiger partial charge in [-0.25, -0.2) is 14.4 Å². The Hall–Kier alpha value is -3.01. The number of methoxy groups -OCH3 is 1. The maximum Gasteiger partial charge on any atom is 0.420 e. The molecule has 1 aromatic rings. The molecule has 2 amide bonds. The molecule has 0 unspecified atom stereocenters. The topological polar surface area (TPSA) is 110 Å². The Balaban J connectivity index is 2.41. The van der Waals surface area contributed by atoms with Crippen molar-refractivity contribution in [1.29, 1.82) is 0 Å². The van der Waals surface area contributed by atoms with Crippen LogP contribution in [0.3, 0.4) is 0 Å². The molecular weight excluding hydrogens is 518 g/mol. The number of benzene rings is 1. The number of carbonyl (C=O) groups excluding carboxylic acids is 3. The summed E-state index contributed by atoms with van der Waals surface area (Å²) in [6.07, 6.45) is -2.70. The predicted molar refractivity (Wildman–Crippen MR) is 149 cm³/mol. The number of nitrogens with zero attached hydrogens (tertiary/aromatic N) is 1. The molecule has 0 aromatic heterocycles. The van der Waals surface area contributed by atoms with Gasteiger partial charge in [-0.2, -0.15) is 4.90 Å². The normalized spacial score (nSPS) is 22.3. The number of amides is 2. The fourth-order valence-electron chi connectivity index (χ4n) is 4.09. The highest BCUT2D eigenvalue weighted by Crippen LogP contribution is 2.28. The Morgan fingerprint density at radius 2 is 1.48 bits per heavy atom. The van der Waals surface area contributed by atoms with Gasteiger partial charge in [0.05, 0.1) is 13.2 Å². The zero-order valence-corrected chi connectivity index (χ0v) is 25.6. The van der Waals surface area contributed by atoms with Gasteiger partial charge in [0.2, 0.25) is 0 Å². The summed E-state index contributed by atoms with van der Waals surface area (Å²) in [6, 6.07) is 5.85. The molecule has 40 heavy (non-hydrogen) atoms. The van der Waals surface area contributed by atoms with Crippen LogP contribution in [0.15, 0.2) is 24.3 Å². The van der Waals surface area contributed by atoms with E-state index in [1.54, 1.807) is 79.8 Å². The van der Waals surface area contributed by atoms with Crippen LogP contribution in [0.5, 0.6) is 11.5 Å². The van der Waals surface area contributed by atoms with E-state index in [4.69, 9.17) is 28.4 Å². The molecule has 1 fully saturated rings. The van der Waals surface area contributed by atoms with E-state index < -0.39 is 53.7 Å². The molecule has 1 heterocycles. The van der Waals surface area contributed by atoms with Gasteiger partial charge in [-0.3, -0.25) is 0 Å². The van der Waals surface area contributed by atoms with Crippen molar-refractivity contribution in [2.45, 2.75) is 117 Å². The lowest BCUT2D eigenvalue weighted by Gasteiger charge is -2.33.